The Labute approximate surface area is 96.9 Å². The molecule has 1 aromatic rings. The summed E-state index contributed by atoms with van der Waals surface area (Å²) in [6.45, 7) is 2.24. The SMILES string of the molecule is CCc1ccc(CC2CCCC2NC)s1. The summed E-state index contributed by atoms with van der Waals surface area (Å²) in [5.74, 6) is 0.873. The average Bonchev–Trinajstić information content (AvgIpc) is 2.87. The van der Waals surface area contributed by atoms with Gasteiger partial charge in [0.1, 0.15) is 0 Å². The first kappa shape index (κ1) is 11.2. The van der Waals surface area contributed by atoms with Crippen molar-refractivity contribution in [2.45, 2.75) is 45.1 Å². The summed E-state index contributed by atoms with van der Waals surface area (Å²) in [6, 6.07) is 5.38. The molecule has 0 aliphatic heterocycles. The van der Waals surface area contributed by atoms with Gasteiger partial charge in [0.05, 0.1) is 0 Å². The van der Waals surface area contributed by atoms with E-state index in [9.17, 15) is 0 Å². The summed E-state index contributed by atoms with van der Waals surface area (Å²) in [5.41, 5.74) is 0. The molecule has 1 aliphatic rings. The van der Waals surface area contributed by atoms with Crippen LogP contribution in [0.15, 0.2) is 12.1 Å². The standard InChI is InChI=1S/C13H21NS/c1-3-11-7-8-12(15-11)9-10-5-4-6-13(10)14-2/h7-8,10,13-14H,3-6,9H2,1-2H3. The summed E-state index contributed by atoms with van der Waals surface area (Å²) in [7, 11) is 2.11. The number of rotatable bonds is 4. The molecule has 1 saturated carbocycles. The highest BCUT2D eigenvalue weighted by Gasteiger charge is 2.26. The minimum absolute atomic E-state index is 0.761. The van der Waals surface area contributed by atoms with E-state index in [1.807, 2.05) is 11.3 Å². The van der Waals surface area contributed by atoms with Crippen LogP contribution in [0.25, 0.3) is 0 Å². The Hall–Kier alpha value is -0.340. The lowest BCUT2D eigenvalue weighted by atomic mass is 9.99. The van der Waals surface area contributed by atoms with Crippen molar-refractivity contribution >= 4 is 11.3 Å². The third-order valence-electron chi connectivity index (χ3n) is 3.56. The van der Waals surface area contributed by atoms with Gasteiger partial charge in [0.15, 0.2) is 0 Å². The van der Waals surface area contributed by atoms with Crippen LogP contribution in [0.5, 0.6) is 0 Å². The van der Waals surface area contributed by atoms with Crippen molar-refractivity contribution in [3.8, 4) is 0 Å². The van der Waals surface area contributed by atoms with Crippen LogP contribution in [0.1, 0.15) is 35.9 Å². The fraction of sp³-hybridized carbons (Fsp3) is 0.692. The molecule has 1 N–H and O–H groups in total. The van der Waals surface area contributed by atoms with Gasteiger partial charge in [-0.3, -0.25) is 0 Å². The van der Waals surface area contributed by atoms with Gasteiger partial charge in [-0.2, -0.15) is 0 Å². The van der Waals surface area contributed by atoms with E-state index < -0.39 is 0 Å². The van der Waals surface area contributed by atoms with E-state index in [1.54, 1.807) is 4.88 Å². The van der Waals surface area contributed by atoms with E-state index in [1.165, 1.54) is 37.0 Å². The second-order valence-electron chi connectivity index (χ2n) is 4.51. The molecule has 0 spiro atoms. The van der Waals surface area contributed by atoms with Crippen molar-refractivity contribution in [1.82, 2.24) is 5.32 Å². The van der Waals surface area contributed by atoms with Gasteiger partial charge in [0.2, 0.25) is 0 Å². The van der Waals surface area contributed by atoms with Crippen molar-refractivity contribution in [2.75, 3.05) is 7.05 Å². The van der Waals surface area contributed by atoms with Gasteiger partial charge in [-0.15, -0.1) is 11.3 Å². The van der Waals surface area contributed by atoms with Crippen molar-refractivity contribution < 1.29 is 0 Å². The van der Waals surface area contributed by atoms with E-state index in [4.69, 9.17) is 0 Å². The zero-order valence-corrected chi connectivity index (χ0v) is 10.6. The van der Waals surface area contributed by atoms with Gasteiger partial charge < -0.3 is 5.32 Å². The first-order chi connectivity index (χ1) is 7.33. The Morgan fingerprint density at radius 2 is 2.13 bits per heavy atom. The molecule has 0 aromatic carbocycles. The maximum Gasteiger partial charge on any atom is 0.00957 e. The summed E-state index contributed by atoms with van der Waals surface area (Å²) in [4.78, 5) is 3.11. The van der Waals surface area contributed by atoms with Crippen LogP contribution < -0.4 is 5.32 Å². The van der Waals surface area contributed by atoms with Crippen LogP contribution in [0.4, 0.5) is 0 Å². The number of hydrogen-bond acceptors (Lipinski definition) is 2. The summed E-state index contributed by atoms with van der Waals surface area (Å²) in [6.07, 6.45) is 6.65. The molecular weight excluding hydrogens is 202 g/mol. The van der Waals surface area contributed by atoms with E-state index in [2.05, 4.69) is 31.4 Å². The van der Waals surface area contributed by atoms with E-state index in [-0.39, 0.29) is 0 Å². The topological polar surface area (TPSA) is 12.0 Å². The Morgan fingerprint density at radius 3 is 2.80 bits per heavy atom. The molecule has 2 unspecified atom stereocenters. The van der Waals surface area contributed by atoms with Gasteiger partial charge in [-0.25, -0.2) is 0 Å². The summed E-state index contributed by atoms with van der Waals surface area (Å²) < 4.78 is 0. The third kappa shape index (κ3) is 2.61. The van der Waals surface area contributed by atoms with Crippen molar-refractivity contribution in [3.05, 3.63) is 21.9 Å². The molecule has 15 heavy (non-hydrogen) atoms. The predicted molar refractivity (Wildman–Crippen MR) is 67.6 cm³/mol. The number of aryl methyl sites for hydroxylation is 1. The molecule has 0 bridgehead atoms. The number of thiophene rings is 1. The maximum absolute atomic E-state index is 3.46. The lowest BCUT2D eigenvalue weighted by Crippen LogP contribution is -2.29. The Morgan fingerprint density at radius 1 is 1.33 bits per heavy atom. The lowest BCUT2D eigenvalue weighted by Gasteiger charge is -2.17. The maximum atomic E-state index is 3.46. The van der Waals surface area contributed by atoms with Gasteiger partial charge in [0, 0.05) is 15.8 Å². The molecular formula is C13H21NS. The second kappa shape index (κ2) is 5.13. The molecule has 1 aliphatic carbocycles. The molecule has 2 atom stereocenters. The largest absolute Gasteiger partial charge is 0.317 e. The van der Waals surface area contributed by atoms with E-state index >= 15 is 0 Å². The minimum Gasteiger partial charge on any atom is -0.317 e. The van der Waals surface area contributed by atoms with Gasteiger partial charge in [-0.05, 0) is 50.8 Å². The highest BCUT2D eigenvalue weighted by molar-refractivity contribution is 7.11. The molecule has 0 radical (unpaired) electrons. The highest BCUT2D eigenvalue weighted by atomic mass is 32.1. The molecule has 0 amide bonds. The van der Waals surface area contributed by atoms with Crippen LogP contribution in [-0.4, -0.2) is 13.1 Å². The predicted octanol–water partition coefficient (Wildman–Crippen LogP) is 3.24. The highest BCUT2D eigenvalue weighted by Crippen LogP contribution is 2.30. The lowest BCUT2D eigenvalue weighted by molar-refractivity contribution is 0.426. The van der Waals surface area contributed by atoms with Crippen molar-refractivity contribution in [3.63, 3.8) is 0 Å². The van der Waals surface area contributed by atoms with Crippen LogP contribution in [0, 0.1) is 5.92 Å². The Bertz CT molecular complexity index is 305. The summed E-state index contributed by atoms with van der Waals surface area (Å²) in [5, 5.41) is 3.46. The average molecular weight is 223 g/mol. The zero-order valence-electron chi connectivity index (χ0n) is 9.75. The normalized spacial score (nSPS) is 26.0. The first-order valence-corrected chi connectivity index (χ1v) is 6.90. The first-order valence-electron chi connectivity index (χ1n) is 6.08. The van der Waals surface area contributed by atoms with Gasteiger partial charge in [0.25, 0.3) is 0 Å². The molecule has 1 aromatic heterocycles. The van der Waals surface area contributed by atoms with Crippen LogP contribution >= 0.6 is 11.3 Å². The molecule has 1 fully saturated rings. The van der Waals surface area contributed by atoms with Gasteiger partial charge >= 0.3 is 0 Å². The molecule has 1 nitrogen and oxygen atoms in total. The van der Waals surface area contributed by atoms with Crippen LogP contribution in [0.3, 0.4) is 0 Å². The van der Waals surface area contributed by atoms with E-state index in [0.29, 0.717) is 0 Å². The minimum atomic E-state index is 0.761. The van der Waals surface area contributed by atoms with Crippen LogP contribution in [0.2, 0.25) is 0 Å². The third-order valence-corrected chi connectivity index (χ3v) is 4.81. The zero-order chi connectivity index (χ0) is 10.7. The molecule has 2 heteroatoms. The van der Waals surface area contributed by atoms with Crippen molar-refractivity contribution in [2.24, 2.45) is 5.92 Å². The van der Waals surface area contributed by atoms with Crippen LogP contribution in [-0.2, 0) is 12.8 Å². The molecule has 2 rings (SSSR count). The quantitative estimate of drug-likeness (QED) is 0.826. The fourth-order valence-electron chi connectivity index (χ4n) is 2.64. The molecule has 84 valence electrons. The molecule has 1 heterocycles. The number of nitrogens with one attached hydrogen (secondary N) is 1. The van der Waals surface area contributed by atoms with Gasteiger partial charge in [-0.1, -0.05) is 13.3 Å². The smallest absolute Gasteiger partial charge is 0.00957 e. The monoisotopic (exact) mass is 223 g/mol. The Kier molecular flexibility index (Phi) is 3.81. The summed E-state index contributed by atoms with van der Waals surface area (Å²) >= 11 is 2.00. The van der Waals surface area contributed by atoms with E-state index in [0.717, 1.165) is 12.0 Å². The molecule has 0 saturated heterocycles. The van der Waals surface area contributed by atoms with Crippen molar-refractivity contribution in [1.29, 1.82) is 0 Å². The number of hydrogen-bond donors (Lipinski definition) is 1. The second-order valence-corrected chi connectivity index (χ2v) is 5.76. The fourth-order valence-corrected chi connectivity index (χ4v) is 3.69. The Balaban J connectivity index is 1.95.